The molecule has 0 spiro atoms. The lowest BCUT2D eigenvalue weighted by Crippen LogP contribution is -2.43. The number of hydrogen-bond donors (Lipinski definition) is 2. The van der Waals surface area contributed by atoms with Crippen LogP contribution >= 0.6 is 0 Å². The first-order chi connectivity index (χ1) is 7.44. The van der Waals surface area contributed by atoms with E-state index in [1.807, 2.05) is 0 Å². The van der Waals surface area contributed by atoms with Crippen molar-refractivity contribution in [3.63, 3.8) is 0 Å². The van der Waals surface area contributed by atoms with Crippen LogP contribution in [0.2, 0.25) is 0 Å². The maximum Gasteiger partial charge on any atom is 0.390 e. The van der Waals surface area contributed by atoms with Crippen LogP contribution in [0, 0.1) is 5.92 Å². The summed E-state index contributed by atoms with van der Waals surface area (Å²) in [6, 6.07) is -0.120. The molecular formula is C9H15F3N2O2. The zero-order valence-corrected chi connectivity index (χ0v) is 8.93. The highest BCUT2D eigenvalue weighted by molar-refractivity contribution is 5.79. The summed E-state index contributed by atoms with van der Waals surface area (Å²) in [6.07, 6.45) is -5.24. The fraction of sp³-hybridized carbons (Fsp3) is 0.889. The number of amides is 1. The zero-order valence-electron chi connectivity index (χ0n) is 8.93. The smallest absolute Gasteiger partial charge is 0.379 e. The molecule has 1 amide bonds. The lowest BCUT2D eigenvalue weighted by Gasteiger charge is -2.16. The number of carbonyl (C=O) groups excluding carboxylic acids is 1. The van der Waals surface area contributed by atoms with Crippen molar-refractivity contribution in [3.8, 4) is 0 Å². The predicted molar refractivity (Wildman–Crippen MR) is 50.8 cm³/mol. The summed E-state index contributed by atoms with van der Waals surface area (Å²) >= 11 is 0. The number of alkyl halides is 3. The monoisotopic (exact) mass is 240 g/mol. The fourth-order valence-electron chi connectivity index (χ4n) is 1.56. The van der Waals surface area contributed by atoms with E-state index in [1.165, 1.54) is 0 Å². The number of likely N-dealkylation sites (N-methyl/N-ethyl adjacent to an activating group) is 1. The van der Waals surface area contributed by atoms with Crippen molar-refractivity contribution in [3.05, 3.63) is 0 Å². The summed E-state index contributed by atoms with van der Waals surface area (Å²) in [5.74, 6) is -0.792. The third-order valence-electron chi connectivity index (χ3n) is 2.50. The summed E-state index contributed by atoms with van der Waals surface area (Å²) in [7, 11) is 1.69. The number of nitrogens with one attached hydrogen (secondary N) is 2. The largest absolute Gasteiger partial charge is 0.390 e. The molecule has 1 saturated heterocycles. The second-order valence-corrected chi connectivity index (χ2v) is 3.70. The number of hydrogen-bond acceptors (Lipinski definition) is 3. The highest BCUT2D eigenvalue weighted by atomic mass is 19.4. The van der Waals surface area contributed by atoms with Gasteiger partial charge in [-0.05, 0) is 7.05 Å². The highest BCUT2D eigenvalue weighted by Gasteiger charge is 2.33. The zero-order chi connectivity index (χ0) is 12.2. The van der Waals surface area contributed by atoms with Gasteiger partial charge in [0.15, 0.2) is 0 Å². The van der Waals surface area contributed by atoms with Crippen LogP contribution in [0.3, 0.4) is 0 Å². The lowest BCUT2D eigenvalue weighted by atomic mass is 10.0. The third-order valence-corrected chi connectivity index (χ3v) is 2.50. The van der Waals surface area contributed by atoms with Crippen LogP contribution in [-0.2, 0) is 9.53 Å². The second-order valence-electron chi connectivity index (χ2n) is 3.70. The molecule has 2 atom stereocenters. The van der Waals surface area contributed by atoms with E-state index in [4.69, 9.17) is 4.74 Å². The Hall–Kier alpha value is -0.820. The molecule has 1 aliphatic rings. The Bertz CT molecular complexity index is 245. The Morgan fingerprint density at radius 3 is 2.69 bits per heavy atom. The van der Waals surface area contributed by atoms with Crippen molar-refractivity contribution < 1.29 is 22.7 Å². The van der Waals surface area contributed by atoms with Crippen molar-refractivity contribution in [2.45, 2.75) is 18.6 Å². The number of ether oxygens (including phenoxy) is 1. The maximum absolute atomic E-state index is 11.8. The summed E-state index contributed by atoms with van der Waals surface area (Å²) < 4.78 is 40.6. The van der Waals surface area contributed by atoms with Crippen LogP contribution in [0.1, 0.15) is 6.42 Å². The lowest BCUT2D eigenvalue weighted by molar-refractivity contribution is -0.136. The first kappa shape index (κ1) is 13.2. The van der Waals surface area contributed by atoms with Crippen molar-refractivity contribution in [1.82, 2.24) is 10.6 Å². The average molecular weight is 240 g/mol. The Labute approximate surface area is 91.5 Å². The van der Waals surface area contributed by atoms with Crippen molar-refractivity contribution in [2.75, 3.05) is 26.8 Å². The normalized spacial score (nSPS) is 25.8. The predicted octanol–water partition coefficient (Wildman–Crippen LogP) is 0.289. The van der Waals surface area contributed by atoms with Gasteiger partial charge in [0.1, 0.15) is 0 Å². The van der Waals surface area contributed by atoms with E-state index >= 15 is 0 Å². The van der Waals surface area contributed by atoms with E-state index in [0.29, 0.717) is 6.61 Å². The Morgan fingerprint density at radius 1 is 1.44 bits per heavy atom. The SMILES string of the molecule is CNC1COCC1C(=O)NCCC(F)(F)F. The molecule has 1 heterocycles. The molecule has 16 heavy (non-hydrogen) atoms. The van der Waals surface area contributed by atoms with Crippen LogP contribution < -0.4 is 10.6 Å². The summed E-state index contributed by atoms with van der Waals surface area (Å²) in [5, 5.41) is 5.16. The van der Waals surface area contributed by atoms with Crippen molar-refractivity contribution >= 4 is 5.91 Å². The van der Waals surface area contributed by atoms with Gasteiger partial charge in [-0.2, -0.15) is 13.2 Å². The minimum Gasteiger partial charge on any atom is -0.379 e. The van der Waals surface area contributed by atoms with E-state index < -0.39 is 18.5 Å². The maximum atomic E-state index is 11.8. The van der Waals surface area contributed by atoms with Gasteiger partial charge in [-0.15, -0.1) is 0 Å². The van der Waals surface area contributed by atoms with E-state index in [-0.39, 0.29) is 25.1 Å². The molecule has 0 aliphatic carbocycles. The van der Waals surface area contributed by atoms with Gasteiger partial charge in [-0.3, -0.25) is 4.79 Å². The molecule has 0 aromatic carbocycles. The standard InChI is InChI=1S/C9H15F3N2O2/c1-13-7-5-16-4-6(7)8(15)14-3-2-9(10,11)12/h6-7,13H,2-5H2,1H3,(H,14,15). The van der Waals surface area contributed by atoms with Gasteiger partial charge in [0.2, 0.25) is 5.91 Å². The minimum atomic E-state index is -4.23. The molecule has 1 aliphatic heterocycles. The molecule has 2 unspecified atom stereocenters. The van der Waals surface area contributed by atoms with Gasteiger partial charge in [0.25, 0.3) is 0 Å². The molecule has 0 aromatic rings. The average Bonchev–Trinajstić information content (AvgIpc) is 2.63. The van der Waals surface area contributed by atoms with E-state index in [1.54, 1.807) is 7.05 Å². The van der Waals surface area contributed by atoms with Gasteiger partial charge in [-0.1, -0.05) is 0 Å². The Balaban J connectivity index is 2.29. The molecule has 1 rings (SSSR count). The van der Waals surface area contributed by atoms with Gasteiger partial charge < -0.3 is 15.4 Å². The molecule has 7 heteroatoms. The van der Waals surface area contributed by atoms with Crippen LogP contribution in [0.5, 0.6) is 0 Å². The molecule has 0 radical (unpaired) electrons. The Kier molecular flexibility index (Phi) is 4.55. The summed E-state index contributed by atoms with van der Waals surface area (Å²) in [4.78, 5) is 11.5. The van der Waals surface area contributed by atoms with Crippen LogP contribution in [-0.4, -0.2) is 44.9 Å². The van der Waals surface area contributed by atoms with E-state index in [0.717, 1.165) is 0 Å². The van der Waals surface area contributed by atoms with Gasteiger partial charge in [0, 0.05) is 12.6 Å². The van der Waals surface area contributed by atoms with Crippen LogP contribution in [0.15, 0.2) is 0 Å². The molecule has 2 N–H and O–H groups in total. The first-order valence-corrected chi connectivity index (χ1v) is 5.03. The number of halogens is 3. The molecule has 0 saturated carbocycles. The van der Waals surface area contributed by atoms with E-state index in [9.17, 15) is 18.0 Å². The van der Waals surface area contributed by atoms with Crippen molar-refractivity contribution in [2.24, 2.45) is 5.92 Å². The topological polar surface area (TPSA) is 50.4 Å². The molecule has 0 bridgehead atoms. The molecule has 94 valence electrons. The molecule has 4 nitrogen and oxygen atoms in total. The highest BCUT2D eigenvalue weighted by Crippen LogP contribution is 2.18. The minimum absolute atomic E-state index is 0.120. The third kappa shape index (κ3) is 3.97. The first-order valence-electron chi connectivity index (χ1n) is 5.03. The Morgan fingerprint density at radius 2 is 2.12 bits per heavy atom. The molecular weight excluding hydrogens is 225 g/mol. The summed E-state index contributed by atoms with van der Waals surface area (Å²) in [6.45, 7) is 0.284. The number of rotatable bonds is 4. The van der Waals surface area contributed by atoms with E-state index in [2.05, 4.69) is 10.6 Å². The summed E-state index contributed by atoms with van der Waals surface area (Å²) in [5.41, 5.74) is 0. The quantitative estimate of drug-likeness (QED) is 0.742. The van der Waals surface area contributed by atoms with Crippen LogP contribution in [0.4, 0.5) is 13.2 Å². The molecule has 1 fully saturated rings. The molecule has 0 aromatic heterocycles. The number of carbonyl (C=O) groups is 1. The van der Waals surface area contributed by atoms with Crippen LogP contribution in [0.25, 0.3) is 0 Å². The van der Waals surface area contributed by atoms with Gasteiger partial charge >= 0.3 is 6.18 Å². The fourth-order valence-corrected chi connectivity index (χ4v) is 1.56. The van der Waals surface area contributed by atoms with Gasteiger partial charge in [0.05, 0.1) is 25.6 Å². The second kappa shape index (κ2) is 5.49. The van der Waals surface area contributed by atoms with Gasteiger partial charge in [-0.25, -0.2) is 0 Å². The van der Waals surface area contributed by atoms with Crippen molar-refractivity contribution in [1.29, 1.82) is 0 Å².